The summed E-state index contributed by atoms with van der Waals surface area (Å²) >= 11 is 5.88. The maximum absolute atomic E-state index is 12.7. The molecule has 0 atom stereocenters. The Labute approximate surface area is 117 Å². The van der Waals surface area contributed by atoms with Gasteiger partial charge in [-0.05, 0) is 42.0 Å². The molecule has 1 N–H and O–H groups in total. The molecule has 2 aromatic carbocycles. The van der Waals surface area contributed by atoms with Crippen LogP contribution in [0.5, 0.6) is 0 Å². The SMILES string of the molecule is Fc1ccc(NCCOCc2cccc(Cl)c2)cc1. The Hall–Kier alpha value is -1.58. The van der Waals surface area contributed by atoms with Gasteiger partial charge in [0.05, 0.1) is 13.2 Å². The maximum atomic E-state index is 12.7. The molecule has 4 heteroatoms. The van der Waals surface area contributed by atoms with E-state index in [1.54, 1.807) is 12.1 Å². The fourth-order valence-corrected chi connectivity index (χ4v) is 1.86. The molecule has 0 bridgehead atoms. The van der Waals surface area contributed by atoms with Crippen LogP contribution >= 0.6 is 11.6 Å². The number of nitrogens with one attached hydrogen (secondary N) is 1. The number of hydrogen-bond acceptors (Lipinski definition) is 2. The monoisotopic (exact) mass is 279 g/mol. The van der Waals surface area contributed by atoms with E-state index in [0.29, 0.717) is 24.8 Å². The van der Waals surface area contributed by atoms with E-state index in [4.69, 9.17) is 16.3 Å². The second-order valence-electron chi connectivity index (χ2n) is 4.12. The number of benzene rings is 2. The summed E-state index contributed by atoms with van der Waals surface area (Å²) in [5.41, 5.74) is 1.93. The van der Waals surface area contributed by atoms with Crippen LogP contribution in [0.3, 0.4) is 0 Å². The zero-order valence-corrected chi connectivity index (χ0v) is 11.2. The molecule has 2 aromatic rings. The highest BCUT2D eigenvalue weighted by Crippen LogP contribution is 2.11. The van der Waals surface area contributed by atoms with Crippen LogP contribution in [0.2, 0.25) is 5.02 Å². The predicted octanol–water partition coefficient (Wildman–Crippen LogP) is 4.11. The van der Waals surface area contributed by atoms with Gasteiger partial charge in [0, 0.05) is 17.3 Å². The summed E-state index contributed by atoms with van der Waals surface area (Å²) in [5, 5.41) is 3.87. The lowest BCUT2D eigenvalue weighted by Gasteiger charge is -2.07. The third-order valence-corrected chi connectivity index (χ3v) is 2.81. The molecule has 0 amide bonds. The first kappa shape index (κ1) is 13.8. The molecule has 0 aliphatic carbocycles. The summed E-state index contributed by atoms with van der Waals surface area (Å²) in [7, 11) is 0. The summed E-state index contributed by atoms with van der Waals surface area (Å²) in [6.45, 7) is 1.78. The maximum Gasteiger partial charge on any atom is 0.123 e. The Bertz CT molecular complexity index is 516. The lowest BCUT2D eigenvalue weighted by molar-refractivity contribution is 0.130. The topological polar surface area (TPSA) is 21.3 Å². The van der Waals surface area contributed by atoms with Gasteiger partial charge in [-0.25, -0.2) is 4.39 Å². The molecule has 0 unspecified atom stereocenters. The highest BCUT2D eigenvalue weighted by Gasteiger charge is 1.96. The first-order valence-corrected chi connectivity index (χ1v) is 6.43. The minimum absolute atomic E-state index is 0.234. The number of ether oxygens (including phenoxy) is 1. The van der Waals surface area contributed by atoms with Gasteiger partial charge in [-0.15, -0.1) is 0 Å². The second kappa shape index (κ2) is 7.12. The van der Waals surface area contributed by atoms with Crippen molar-refractivity contribution in [2.75, 3.05) is 18.5 Å². The Morgan fingerprint density at radius 1 is 1.11 bits per heavy atom. The molecule has 2 rings (SSSR count). The molecule has 0 saturated carbocycles. The summed E-state index contributed by atoms with van der Waals surface area (Å²) in [6.07, 6.45) is 0. The van der Waals surface area contributed by atoms with Crippen molar-refractivity contribution in [3.05, 3.63) is 64.9 Å². The Kier molecular flexibility index (Phi) is 5.19. The van der Waals surface area contributed by atoms with Gasteiger partial charge in [-0.3, -0.25) is 0 Å². The van der Waals surface area contributed by atoms with E-state index in [0.717, 1.165) is 11.3 Å². The van der Waals surface area contributed by atoms with Gasteiger partial charge < -0.3 is 10.1 Å². The van der Waals surface area contributed by atoms with Crippen LogP contribution in [0.15, 0.2) is 48.5 Å². The molecule has 19 heavy (non-hydrogen) atoms. The molecule has 0 heterocycles. The van der Waals surface area contributed by atoms with E-state index < -0.39 is 0 Å². The van der Waals surface area contributed by atoms with E-state index >= 15 is 0 Å². The average molecular weight is 280 g/mol. The number of hydrogen-bond donors (Lipinski definition) is 1. The second-order valence-corrected chi connectivity index (χ2v) is 4.55. The van der Waals surface area contributed by atoms with Gasteiger partial charge >= 0.3 is 0 Å². The fraction of sp³-hybridized carbons (Fsp3) is 0.200. The number of rotatable bonds is 6. The molecule has 100 valence electrons. The normalized spacial score (nSPS) is 10.4. The van der Waals surface area contributed by atoms with Gasteiger partial charge in [0.1, 0.15) is 5.82 Å². The lowest BCUT2D eigenvalue weighted by Crippen LogP contribution is -2.09. The quantitative estimate of drug-likeness (QED) is 0.804. The van der Waals surface area contributed by atoms with Crippen molar-refractivity contribution in [3.8, 4) is 0 Å². The van der Waals surface area contributed by atoms with E-state index in [1.807, 2.05) is 24.3 Å². The van der Waals surface area contributed by atoms with Crippen LogP contribution in [0.25, 0.3) is 0 Å². The molecule has 0 spiro atoms. The molecule has 0 aliphatic heterocycles. The van der Waals surface area contributed by atoms with Crippen molar-refractivity contribution in [1.82, 2.24) is 0 Å². The van der Waals surface area contributed by atoms with Gasteiger partial charge in [-0.1, -0.05) is 23.7 Å². The molecule has 0 saturated heterocycles. The summed E-state index contributed by atoms with van der Waals surface area (Å²) in [5.74, 6) is -0.234. The van der Waals surface area contributed by atoms with Gasteiger partial charge in [0.2, 0.25) is 0 Å². The molecule has 0 aromatic heterocycles. The highest BCUT2D eigenvalue weighted by molar-refractivity contribution is 6.30. The molecule has 0 radical (unpaired) electrons. The lowest BCUT2D eigenvalue weighted by atomic mass is 10.2. The van der Waals surface area contributed by atoms with Crippen LogP contribution in [0.4, 0.5) is 10.1 Å². The van der Waals surface area contributed by atoms with Crippen LogP contribution in [-0.4, -0.2) is 13.2 Å². The highest BCUT2D eigenvalue weighted by atomic mass is 35.5. The van der Waals surface area contributed by atoms with E-state index in [1.165, 1.54) is 12.1 Å². The van der Waals surface area contributed by atoms with E-state index in [2.05, 4.69) is 5.32 Å². The summed E-state index contributed by atoms with van der Waals surface area (Å²) in [6, 6.07) is 13.8. The first-order valence-electron chi connectivity index (χ1n) is 6.06. The van der Waals surface area contributed by atoms with Crippen molar-refractivity contribution in [2.24, 2.45) is 0 Å². The third kappa shape index (κ3) is 4.89. The zero-order valence-electron chi connectivity index (χ0n) is 10.4. The Morgan fingerprint density at radius 2 is 1.89 bits per heavy atom. The fourth-order valence-electron chi connectivity index (χ4n) is 1.65. The molecule has 0 fully saturated rings. The Morgan fingerprint density at radius 3 is 2.63 bits per heavy atom. The first-order chi connectivity index (χ1) is 9.24. The van der Waals surface area contributed by atoms with Crippen molar-refractivity contribution < 1.29 is 9.13 Å². The Balaban J connectivity index is 1.66. The smallest absolute Gasteiger partial charge is 0.123 e. The summed E-state index contributed by atoms with van der Waals surface area (Å²) < 4.78 is 18.2. The van der Waals surface area contributed by atoms with Crippen LogP contribution < -0.4 is 5.32 Å². The minimum Gasteiger partial charge on any atom is -0.383 e. The standard InChI is InChI=1S/C15H15ClFNO/c16-13-3-1-2-12(10-13)11-19-9-8-18-15-6-4-14(17)5-7-15/h1-7,10,18H,8-9,11H2. The predicted molar refractivity (Wildman–Crippen MR) is 76.0 cm³/mol. The molecular weight excluding hydrogens is 265 g/mol. The van der Waals surface area contributed by atoms with Crippen molar-refractivity contribution in [3.63, 3.8) is 0 Å². The number of anilines is 1. The van der Waals surface area contributed by atoms with Gasteiger partial charge in [-0.2, -0.15) is 0 Å². The van der Waals surface area contributed by atoms with Crippen molar-refractivity contribution in [2.45, 2.75) is 6.61 Å². The van der Waals surface area contributed by atoms with Gasteiger partial charge in [0.25, 0.3) is 0 Å². The summed E-state index contributed by atoms with van der Waals surface area (Å²) in [4.78, 5) is 0. The van der Waals surface area contributed by atoms with Crippen molar-refractivity contribution >= 4 is 17.3 Å². The van der Waals surface area contributed by atoms with Crippen LogP contribution in [0.1, 0.15) is 5.56 Å². The molecule has 2 nitrogen and oxygen atoms in total. The van der Waals surface area contributed by atoms with E-state index in [9.17, 15) is 4.39 Å². The largest absolute Gasteiger partial charge is 0.383 e. The minimum atomic E-state index is -0.234. The third-order valence-electron chi connectivity index (χ3n) is 2.58. The van der Waals surface area contributed by atoms with Crippen LogP contribution in [-0.2, 0) is 11.3 Å². The number of halogens is 2. The van der Waals surface area contributed by atoms with Gasteiger partial charge in [0.15, 0.2) is 0 Å². The molecule has 0 aliphatic rings. The average Bonchev–Trinajstić information content (AvgIpc) is 2.41. The molecular formula is C15H15ClFNO. The van der Waals surface area contributed by atoms with Crippen molar-refractivity contribution in [1.29, 1.82) is 0 Å². The van der Waals surface area contributed by atoms with E-state index in [-0.39, 0.29) is 5.82 Å². The zero-order chi connectivity index (χ0) is 13.5. The van der Waals surface area contributed by atoms with Crippen LogP contribution in [0, 0.1) is 5.82 Å².